The fourth-order valence-electron chi connectivity index (χ4n) is 3.16. The first kappa shape index (κ1) is 19.3. The highest BCUT2D eigenvalue weighted by atomic mass is 16.6. The Morgan fingerprint density at radius 3 is 2.50 bits per heavy atom. The van der Waals surface area contributed by atoms with Crippen molar-refractivity contribution in [1.29, 1.82) is 0 Å². The van der Waals surface area contributed by atoms with Crippen LogP contribution in [0, 0.1) is 24.0 Å². The average molecular weight is 400 g/mol. The predicted molar refractivity (Wildman–Crippen MR) is 117 cm³/mol. The number of hydrogen-bond donors (Lipinski definition) is 2. The zero-order chi connectivity index (χ0) is 21.1. The minimum absolute atomic E-state index is 0.120. The van der Waals surface area contributed by atoms with Crippen molar-refractivity contribution in [1.82, 2.24) is 15.0 Å². The number of nitro groups is 1. The molecule has 0 spiro atoms. The summed E-state index contributed by atoms with van der Waals surface area (Å²) in [7, 11) is 0. The number of hydrogen-bond acceptors (Lipinski definition) is 7. The van der Waals surface area contributed by atoms with E-state index < -0.39 is 4.92 Å². The number of nitrogens with zero attached hydrogens (tertiary/aromatic N) is 4. The third-order valence-corrected chi connectivity index (χ3v) is 4.71. The van der Waals surface area contributed by atoms with E-state index in [9.17, 15) is 10.1 Å². The lowest BCUT2D eigenvalue weighted by atomic mass is 10.1. The molecule has 150 valence electrons. The SMILES string of the molecule is Cc1ccc(CNc2ncnc(Nc3cccc4nc(C)ccc34)c2[N+](=O)[O-])cc1. The van der Waals surface area contributed by atoms with Crippen molar-refractivity contribution < 1.29 is 4.92 Å². The first-order valence-electron chi connectivity index (χ1n) is 9.43. The molecule has 2 aromatic heterocycles. The summed E-state index contributed by atoms with van der Waals surface area (Å²) < 4.78 is 0. The van der Waals surface area contributed by atoms with E-state index in [2.05, 4.69) is 25.6 Å². The molecule has 4 rings (SSSR count). The summed E-state index contributed by atoms with van der Waals surface area (Å²) in [4.78, 5) is 24.1. The summed E-state index contributed by atoms with van der Waals surface area (Å²) in [5.41, 5.74) is 4.33. The van der Waals surface area contributed by atoms with Gasteiger partial charge >= 0.3 is 5.69 Å². The second-order valence-electron chi connectivity index (χ2n) is 6.97. The molecular weight excluding hydrogens is 380 g/mol. The first-order valence-corrected chi connectivity index (χ1v) is 9.43. The number of aromatic nitrogens is 3. The molecule has 0 atom stereocenters. The van der Waals surface area contributed by atoms with Crippen LogP contribution >= 0.6 is 0 Å². The second kappa shape index (κ2) is 8.12. The summed E-state index contributed by atoms with van der Waals surface area (Å²) >= 11 is 0. The lowest BCUT2D eigenvalue weighted by Gasteiger charge is -2.12. The molecule has 0 aliphatic rings. The van der Waals surface area contributed by atoms with Crippen LogP contribution in [0.5, 0.6) is 0 Å². The van der Waals surface area contributed by atoms with Crippen LogP contribution in [0.3, 0.4) is 0 Å². The maximum Gasteiger partial charge on any atom is 0.353 e. The Morgan fingerprint density at radius 2 is 1.73 bits per heavy atom. The van der Waals surface area contributed by atoms with Gasteiger partial charge in [0.25, 0.3) is 0 Å². The van der Waals surface area contributed by atoms with Crippen LogP contribution in [0.2, 0.25) is 0 Å². The van der Waals surface area contributed by atoms with Crippen LogP contribution in [0.25, 0.3) is 10.9 Å². The number of nitrogens with one attached hydrogen (secondary N) is 2. The van der Waals surface area contributed by atoms with Gasteiger partial charge in [-0.1, -0.05) is 35.9 Å². The van der Waals surface area contributed by atoms with E-state index in [-0.39, 0.29) is 17.3 Å². The summed E-state index contributed by atoms with van der Waals surface area (Å²) in [5.74, 6) is 0.279. The second-order valence-corrected chi connectivity index (χ2v) is 6.97. The molecule has 0 fully saturated rings. The van der Waals surface area contributed by atoms with Crippen LogP contribution in [0.15, 0.2) is 60.9 Å². The highest BCUT2D eigenvalue weighted by Gasteiger charge is 2.23. The van der Waals surface area contributed by atoms with E-state index in [1.807, 2.05) is 68.4 Å². The van der Waals surface area contributed by atoms with E-state index in [0.29, 0.717) is 12.2 Å². The van der Waals surface area contributed by atoms with E-state index in [1.165, 1.54) is 6.33 Å². The monoisotopic (exact) mass is 400 g/mol. The van der Waals surface area contributed by atoms with Gasteiger partial charge in [-0.3, -0.25) is 15.1 Å². The number of benzene rings is 2. The Hall–Kier alpha value is -4.07. The number of rotatable bonds is 6. The van der Waals surface area contributed by atoms with Gasteiger partial charge < -0.3 is 10.6 Å². The largest absolute Gasteiger partial charge is 0.360 e. The van der Waals surface area contributed by atoms with Crippen molar-refractivity contribution in [3.8, 4) is 0 Å². The van der Waals surface area contributed by atoms with Gasteiger partial charge in [-0.2, -0.15) is 0 Å². The fourth-order valence-corrected chi connectivity index (χ4v) is 3.16. The standard InChI is InChI=1S/C22H20N6O2/c1-14-6-9-16(10-7-14)12-23-21-20(28(29)30)22(25-13-24-21)27-19-5-3-4-18-17(19)11-8-15(2)26-18/h3-11,13H,12H2,1-2H3,(H2,23,24,25,27). The molecule has 8 nitrogen and oxygen atoms in total. The topological polar surface area (TPSA) is 106 Å². The highest BCUT2D eigenvalue weighted by Crippen LogP contribution is 2.33. The van der Waals surface area contributed by atoms with Gasteiger partial charge in [0.1, 0.15) is 6.33 Å². The Labute approximate surface area is 173 Å². The maximum absolute atomic E-state index is 11.8. The molecule has 0 unspecified atom stereocenters. The number of pyridine rings is 1. The molecule has 0 aliphatic heterocycles. The van der Waals surface area contributed by atoms with Gasteiger partial charge in [0.15, 0.2) is 0 Å². The quantitative estimate of drug-likeness (QED) is 0.350. The van der Waals surface area contributed by atoms with Crippen LogP contribution in [-0.2, 0) is 6.54 Å². The van der Waals surface area contributed by atoms with Crippen LogP contribution < -0.4 is 10.6 Å². The van der Waals surface area contributed by atoms with Crippen molar-refractivity contribution in [3.05, 3.63) is 87.9 Å². The highest BCUT2D eigenvalue weighted by molar-refractivity contribution is 5.94. The molecule has 8 heteroatoms. The normalized spacial score (nSPS) is 10.7. The Morgan fingerprint density at radius 1 is 0.967 bits per heavy atom. The van der Waals surface area contributed by atoms with Crippen molar-refractivity contribution in [2.75, 3.05) is 10.6 Å². The van der Waals surface area contributed by atoms with Gasteiger partial charge in [0.05, 0.1) is 10.4 Å². The Kier molecular flexibility index (Phi) is 5.21. The summed E-state index contributed by atoms with van der Waals surface area (Å²) in [6.07, 6.45) is 1.31. The van der Waals surface area contributed by atoms with E-state index >= 15 is 0 Å². The molecule has 0 bridgehead atoms. The smallest absolute Gasteiger partial charge is 0.353 e. The van der Waals surface area contributed by atoms with Gasteiger partial charge in [-0.25, -0.2) is 9.97 Å². The molecule has 2 heterocycles. The summed E-state index contributed by atoms with van der Waals surface area (Å²) in [6.45, 7) is 4.34. The minimum atomic E-state index is -0.479. The third kappa shape index (κ3) is 4.02. The van der Waals surface area contributed by atoms with Gasteiger partial charge in [0, 0.05) is 23.3 Å². The Bertz CT molecular complexity index is 1220. The van der Waals surface area contributed by atoms with E-state index in [4.69, 9.17) is 0 Å². The maximum atomic E-state index is 11.8. The van der Waals surface area contributed by atoms with Crippen molar-refractivity contribution in [2.45, 2.75) is 20.4 Å². The molecule has 0 amide bonds. The molecule has 0 radical (unpaired) electrons. The predicted octanol–water partition coefficient (Wildman–Crippen LogP) is 4.91. The van der Waals surface area contributed by atoms with Crippen molar-refractivity contribution >= 4 is 33.9 Å². The van der Waals surface area contributed by atoms with Crippen LogP contribution in [0.1, 0.15) is 16.8 Å². The summed E-state index contributed by atoms with van der Waals surface area (Å²) in [5, 5.41) is 18.8. The third-order valence-electron chi connectivity index (χ3n) is 4.71. The number of fused-ring (bicyclic) bond motifs is 1. The number of aryl methyl sites for hydroxylation is 2. The fraction of sp³-hybridized carbons (Fsp3) is 0.136. The molecule has 2 aromatic carbocycles. The molecule has 30 heavy (non-hydrogen) atoms. The van der Waals surface area contributed by atoms with Crippen LogP contribution in [-0.4, -0.2) is 19.9 Å². The number of anilines is 3. The zero-order valence-electron chi connectivity index (χ0n) is 16.6. The van der Waals surface area contributed by atoms with E-state index in [1.54, 1.807) is 0 Å². The van der Waals surface area contributed by atoms with Crippen LogP contribution in [0.4, 0.5) is 23.0 Å². The zero-order valence-corrected chi connectivity index (χ0v) is 16.6. The molecule has 0 saturated carbocycles. The lowest BCUT2D eigenvalue weighted by molar-refractivity contribution is -0.383. The van der Waals surface area contributed by atoms with Gasteiger partial charge in [0.2, 0.25) is 11.6 Å². The Balaban J connectivity index is 1.66. The van der Waals surface area contributed by atoms with Crippen molar-refractivity contribution in [2.24, 2.45) is 0 Å². The van der Waals surface area contributed by atoms with Gasteiger partial charge in [-0.05, 0) is 43.7 Å². The summed E-state index contributed by atoms with van der Waals surface area (Å²) in [6, 6.07) is 17.4. The minimum Gasteiger partial charge on any atom is -0.360 e. The molecule has 0 aliphatic carbocycles. The molecule has 0 saturated heterocycles. The average Bonchev–Trinajstić information content (AvgIpc) is 2.73. The first-order chi connectivity index (χ1) is 14.5. The van der Waals surface area contributed by atoms with Crippen molar-refractivity contribution in [3.63, 3.8) is 0 Å². The molecular formula is C22H20N6O2. The molecule has 2 N–H and O–H groups in total. The van der Waals surface area contributed by atoms with Gasteiger partial charge in [-0.15, -0.1) is 0 Å². The molecule has 4 aromatic rings. The lowest BCUT2D eigenvalue weighted by Crippen LogP contribution is -2.08. The van der Waals surface area contributed by atoms with E-state index in [0.717, 1.165) is 27.7 Å².